The number of benzene rings is 1. The van der Waals surface area contributed by atoms with Gasteiger partial charge in [-0.15, -0.1) is 0 Å². The van der Waals surface area contributed by atoms with Gasteiger partial charge in [0, 0.05) is 44.9 Å². The summed E-state index contributed by atoms with van der Waals surface area (Å²) >= 11 is 5.27. The molecule has 1 aromatic carbocycles. The lowest BCUT2D eigenvalue weighted by Crippen LogP contribution is -2.72. The van der Waals surface area contributed by atoms with Crippen molar-refractivity contribution >= 4 is 40.5 Å². The molecule has 148 valence electrons. The number of piperidine rings is 1. The lowest BCUT2D eigenvalue weighted by Gasteiger charge is -2.56. The number of thiocarbonyl (C=S) groups is 1. The lowest BCUT2D eigenvalue weighted by atomic mass is 9.64. The van der Waals surface area contributed by atoms with Crippen LogP contribution in [0.4, 0.5) is 11.4 Å². The van der Waals surface area contributed by atoms with Crippen LogP contribution in [0.5, 0.6) is 0 Å². The summed E-state index contributed by atoms with van der Waals surface area (Å²) in [5.41, 5.74) is 0.192. The molecule has 0 N–H and O–H groups in total. The fourth-order valence-corrected chi connectivity index (χ4v) is 5.11. The highest BCUT2D eigenvalue weighted by atomic mass is 32.1. The lowest BCUT2D eigenvalue weighted by molar-refractivity contribution is -0.384. The molecule has 1 spiro atoms. The van der Waals surface area contributed by atoms with Gasteiger partial charge in [0.05, 0.1) is 11.0 Å². The molecule has 3 aliphatic rings. The molecule has 2 amide bonds. The molecule has 28 heavy (non-hydrogen) atoms. The Morgan fingerprint density at radius 2 is 1.86 bits per heavy atom. The van der Waals surface area contributed by atoms with Gasteiger partial charge >= 0.3 is 0 Å². The zero-order valence-electron chi connectivity index (χ0n) is 16.0. The third-order valence-electron chi connectivity index (χ3n) is 6.43. The van der Waals surface area contributed by atoms with E-state index in [9.17, 15) is 19.7 Å². The van der Waals surface area contributed by atoms with Crippen molar-refractivity contribution in [2.45, 2.75) is 32.2 Å². The fraction of sp³-hybridized carbons (Fsp3) is 0.526. The number of hydrogen-bond acceptors (Lipinski definition) is 6. The standard InChI is InChI=1S/C19H22N4O4S/c1-11-6-7-22-14-5-4-13(23(26)27)9-12(14)10-19(15(22)8-11)16(24)20(2)18(28)21(3)17(19)25/h4-5,9,11,15H,6-8,10H2,1-3H3/t11-,15-/m1/s1. The molecule has 0 bridgehead atoms. The van der Waals surface area contributed by atoms with Gasteiger partial charge in [-0.1, -0.05) is 6.92 Å². The van der Waals surface area contributed by atoms with E-state index in [1.165, 1.54) is 21.9 Å². The highest BCUT2D eigenvalue weighted by molar-refractivity contribution is 7.80. The van der Waals surface area contributed by atoms with E-state index in [2.05, 4.69) is 11.8 Å². The first kappa shape index (κ1) is 18.8. The number of non-ortho nitro benzene ring substituents is 1. The molecule has 2 atom stereocenters. The number of nitro groups is 1. The van der Waals surface area contributed by atoms with Gasteiger partial charge in [0.15, 0.2) is 10.5 Å². The van der Waals surface area contributed by atoms with E-state index < -0.39 is 10.3 Å². The van der Waals surface area contributed by atoms with E-state index in [0.717, 1.165) is 12.1 Å². The van der Waals surface area contributed by atoms with Crippen molar-refractivity contribution in [2.75, 3.05) is 25.5 Å². The van der Waals surface area contributed by atoms with Crippen LogP contribution < -0.4 is 4.90 Å². The molecule has 0 unspecified atom stereocenters. The molecule has 9 heteroatoms. The van der Waals surface area contributed by atoms with Crippen molar-refractivity contribution in [1.29, 1.82) is 0 Å². The van der Waals surface area contributed by atoms with Crippen LogP contribution >= 0.6 is 12.2 Å². The van der Waals surface area contributed by atoms with E-state index >= 15 is 0 Å². The van der Waals surface area contributed by atoms with Gasteiger partial charge in [-0.25, -0.2) is 0 Å². The molecule has 4 rings (SSSR count). The summed E-state index contributed by atoms with van der Waals surface area (Å²) in [7, 11) is 3.18. The third kappa shape index (κ3) is 2.38. The summed E-state index contributed by atoms with van der Waals surface area (Å²) in [6.07, 6.45) is 1.80. The van der Waals surface area contributed by atoms with Crippen molar-refractivity contribution in [3.8, 4) is 0 Å². The Labute approximate surface area is 168 Å². The van der Waals surface area contributed by atoms with E-state index in [1.54, 1.807) is 20.2 Å². The summed E-state index contributed by atoms with van der Waals surface area (Å²) in [4.78, 5) is 42.7. The summed E-state index contributed by atoms with van der Waals surface area (Å²) in [6, 6.07) is 4.44. The SMILES string of the molecule is C[C@@H]1CCN2c3ccc([N+](=O)[O-])cc3CC3(C(=O)N(C)C(=S)N(C)C3=O)[C@H]2C1. The molecule has 8 nitrogen and oxygen atoms in total. The topological polar surface area (TPSA) is 87.0 Å². The minimum Gasteiger partial charge on any atom is -0.367 e. The van der Waals surface area contributed by atoms with Gasteiger partial charge in [0.1, 0.15) is 0 Å². The number of fused-ring (bicyclic) bond motifs is 4. The number of rotatable bonds is 1. The van der Waals surface area contributed by atoms with Crippen LogP contribution in [-0.2, 0) is 16.0 Å². The second-order valence-corrected chi connectivity index (χ2v) is 8.43. The van der Waals surface area contributed by atoms with E-state index in [0.29, 0.717) is 24.4 Å². The Morgan fingerprint density at radius 3 is 2.46 bits per heavy atom. The smallest absolute Gasteiger partial charge is 0.269 e. The Morgan fingerprint density at radius 1 is 1.21 bits per heavy atom. The minimum absolute atomic E-state index is 0.0364. The maximum Gasteiger partial charge on any atom is 0.269 e. The normalized spacial score (nSPS) is 26.4. The fourth-order valence-electron chi connectivity index (χ4n) is 4.95. The minimum atomic E-state index is -1.32. The van der Waals surface area contributed by atoms with Gasteiger partial charge < -0.3 is 4.90 Å². The van der Waals surface area contributed by atoms with Gasteiger partial charge in [0.2, 0.25) is 11.8 Å². The number of nitro benzene ring substituents is 1. The molecule has 0 radical (unpaired) electrons. The largest absolute Gasteiger partial charge is 0.367 e. The summed E-state index contributed by atoms with van der Waals surface area (Å²) in [6.45, 7) is 2.84. The van der Waals surface area contributed by atoms with Crippen molar-refractivity contribution in [2.24, 2.45) is 11.3 Å². The second kappa shape index (κ2) is 6.23. The molecule has 0 aliphatic carbocycles. The van der Waals surface area contributed by atoms with Crippen LogP contribution in [0.15, 0.2) is 18.2 Å². The Kier molecular flexibility index (Phi) is 4.18. The van der Waals surface area contributed by atoms with Gasteiger partial charge in [0.25, 0.3) is 5.69 Å². The molecular formula is C19H22N4O4S. The summed E-state index contributed by atoms with van der Waals surface area (Å²) in [5, 5.41) is 11.5. The highest BCUT2D eigenvalue weighted by Crippen LogP contribution is 2.49. The number of amides is 2. The van der Waals surface area contributed by atoms with Crippen molar-refractivity contribution in [3.05, 3.63) is 33.9 Å². The summed E-state index contributed by atoms with van der Waals surface area (Å²) < 4.78 is 0. The molecular weight excluding hydrogens is 380 g/mol. The Hall–Kier alpha value is -2.55. The summed E-state index contributed by atoms with van der Waals surface area (Å²) in [5.74, 6) is -0.258. The first-order valence-corrected chi connectivity index (χ1v) is 9.73. The van der Waals surface area contributed by atoms with Crippen LogP contribution in [0.2, 0.25) is 0 Å². The number of anilines is 1. The van der Waals surface area contributed by atoms with Crippen LogP contribution in [-0.4, -0.2) is 58.3 Å². The third-order valence-corrected chi connectivity index (χ3v) is 6.98. The van der Waals surface area contributed by atoms with Gasteiger partial charge in [-0.3, -0.25) is 29.5 Å². The Balaban J connectivity index is 1.92. The molecule has 0 aromatic heterocycles. The van der Waals surface area contributed by atoms with Crippen molar-refractivity contribution in [1.82, 2.24) is 9.80 Å². The number of hydrogen-bond donors (Lipinski definition) is 0. The van der Waals surface area contributed by atoms with Crippen molar-refractivity contribution < 1.29 is 14.5 Å². The van der Waals surface area contributed by atoms with E-state index in [1.807, 2.05) is 0 Å². The molecule has 3 aliphatic heterocycles. The molecule has 1 aromatic rings. The van der Waals surface area contributed by atoms with Crippen LogP contribution in [0, 0.1) is 21.4 Å². The second-order valence-electron chi connectivity index (χ2n) is 8.07. The predicted octanol–water partition coefficient (Wildman–Crippen LogP) is 1.96. The average molecular weight is 402 g/mol. The molecule has 2 fully saturated rings. The molecule has 2 saturated heterocycles. The van der Waals surface area contributed by atoms with Gasteiger partial charge in [-0.05, 0) is 42.6 Å². The number of nitrogens with zero attached hydrogens (tertiary/aromatic N) is 4. The van der Waals surface area contributed by atoms with E-state index in [-0.39, 0.29) is 35.1 Å². The number of carbonyl (C=O) groups is 2. The molecule has 3 heterocycles. The average Bonchev–Trinajstić information content (AvgIpc) is 2.68. The Bertz CT molecular complexity index is 893. The number of carbonyl (C=O) groups excluding carboxylic acids is 2. The van der Waals surface area contributed by atoms with Gasteiger partial charge in [-0.2, -0.15) is 0 Å². The van der Waals surface area contributed by atoms with Crippen LogP contribution in [0.25, 0.3) is 0 Å². The predicted molar refractivity (Wildman–Crippen MR) is 107 cm³/mol. The van der Waals surface area contributed by atoms with Crippen LogP contribution in [0.3, 0.4) is 0 Å². The maximum atomic E-state index is 13.5. The molecule has 0 saturated carbocycles. The first-order valence-electron chi connectivity index (χ1n) is 9.32. The highest BCUT2D eigenvalue weighted by Gasteiger charge is 2.62. The first-order chi connectivity index (χ1) is 13.2. The zero-order valence-corrected chi connectivity index (χ0v) is 16.9. The monoisotopic (exact) mass is 402 g/mol. The van der Waals surface area contributed by atoms with E-state index in [4.69, 9.17) is 12.2 Å². The van der Waals surface area contributed by atoms with Crippen LogP contribution in [0.1, 0.15) is 25.3 Å². The zero-order chi connectivity index (χ0) is 20.4. The van der Waals surface area contributed by atoms with Crippen molar-refractivity contribution in [3.63, 3.8) is 0 Å². The maximum absolute atomic E-state index is 13.5. The quantitative estimate of drug-likeness (QED) is 0.309.